The number of hydrogen-bond donors (Lipinski definition) is 2. The van der Waals surface area contributed by atoms with E-state index in [4.69, 9.17) is 5.11 Å². The number of fused-ring (bicyclic) bond motifs is 1. The van der Waals surface area contributed by atoms with Crippen LogP contribution in [0.25, 0.3) is 22.2 Å². The number of carbonyl (C=O) groups is 1. The maximum Gasteiger partial charge on any atom is 0.335 e. The van der Waals surface area contributed by atoms with Crippen LogP contribution in [0.5, 0.6) is 0 Å². The van der Waals surface area contributed by atoms with E-state index in [1.54, 1.807) is 24.4 Å². The summed E-state index contributed by atoms with van der Waals surface area (Å²) >= 11 is 0. The smallest absolute Gasteiger partial charge is 0.335 e. The quantitative estimate of drug-likeness (QED) is 0.740. The zero-order chi connectivity index (χ0) is 13.4. The van der Waals surface area contributed by atoms with E-state index in [1.165, 1.54) is 18.3 Å². The predicted molar refractivity (Wildman–Crippen MR) is 68.4 cm³/mol. The minimum absolute atomic E-state index is 0.186. The fourth-order valence-corrected chi connectivity index (χ4v) is 2.03. The topological polar surface area (TPSA) is 66.0 Å². The van der Waals surface area contributed by atoms with Gasteiger partial charge in [-0.25, -0.2) is 9.18 Å². The summed E-state index contributed by atoms with van der Waals surface area (Å²) in [6, 6.07) is 7.88. The van der Waals surface area contributed by atoms with E-state index in [9.17, 15) is 9.18 Å². The summed E-state index contributed by atoms with van der Waals surface area (Å²) in [5, 5.41) is 9.26. The second kappa shape index (κ2) is 4.20. The molecule has 0 saturated heterocycles. The number of carboxylic acids is 1. The second-order valence-corrected chi connectivity index (χ2v) is 4.10. The summed E-state index contributed by atoms with van der Waals surface area (Å²) in [6.07, 6.45) is 2.86. The normalized spacial score (nSPS) is 10.8. The second-order valence-electron chi connectivity index (χ2n) is 4.10. The summed E-state index contributed by atoms with van der Waals surface area (Å²) in [4.78, 5) is 17.8. The Morgan fingerprint density at radius 1 is 1.21 bits per heavy atom. The third-order valence-electron chi connectivity index (χ3n) is 2.95. The molecule has 4 nitrogen and oxygen atoms in total. The molecule has 0 atom stereocenters. The highest BCUT2D eigenvalue weighted by atomic mass is 19.1. The van der Waals surface area contributed by atoms with E-state index in [0.717, 1.165) is 0 Å². The standard InChI is InChI=1S/C14H9FN2O2/c15-10-7-17-11-5-6-16-13(12(10)11)8-1-3-9(4-2-8)14(18)19/h1-7,17H,(H,18,19). The molecular formula is C14H9FN2O2. The van der Waals surface area contributed by atoms with Crippen LogP contribution in [0.4, 0.5) is 4.39 Å². The molecule has 1 aromatic carbocycles. The van der Waals surface area contributed by atoms with Gasteiger partial charge in [-0.15, -0.1) is 0 Å². The van der Waals surface area contributed by atoms with Crippen LogP contribution in [0, 0.1) is 5.82 Å². The van der Waals surface area contributed by atoms with E-state index in [1.807, 2.05) is 0 Å². The number of rotatable bonds is 2. The first kappa shape index (κ1) is 11.4. The van der Waals surface area contributed by atoms with Crippen LogP contribution in [-0.4, -0.2) is 21.0 Å². The van der Waals surface area contributed by atoms with Gasteiger partial charge in [-0.2, -0.15) is 0 Å². The molecule has 0 aliphatic heterocycles. The van der Waals surface area contributed by atoms with Crippen molar-refractivity contribution >= 4 is 16.9 Å². The number of benzene rings is 1. The van der Waals surface area contributed by atoms with Crippen LogP contribution in [0.2, 0.25) is 0 Å². The first-order chi connectivity index (χ1) is 9.16. The monoisotopic (exact) mass is 256 g/mol. The third-order valence-corrected chi connectivity index (χ3v) is 2.95. The molecule has 0 amide bonds. The lowest BCUT2D eigenvalue weighted by Gasteiger charge is -2.03. The number of pyridine rings is 1. The highest BCUT2D eigenvalue weighted by molar-refractivity contribution is 5.94. The van der Waals surface area contributed by atoms with Crippen LogP contribution in [0.1, 0.15) is 10.4 Å². The van der Waals surface area contributed by atoms with Crippen molar-refractivity contribution in [3.63, 3.8) is 0 Å². The zero-order valence-electron chi connectivity index (χ0n) is 9.72. The van der Waals surface area contributed by atoms with Gasteiger partial charge in [0.1, 0.15) is 0 Å². The van der Waals surface area contributed by atoms with Crippen LogP contribution < -0.4 is 0 Å². The fraction of sp³-hybridized carbons (Fsp3) is 0. The van der Waals surface area contributed by atoms with Gasteiger partial charge in [-0.05, 0) is 18.2 Å². The lowest BCUT2D eigenvalue weighted by Crippen LogP contribution is -1.95. The Hall–Kier alpha value is -2.69. The molecule has 0 radical (unpaired) electrons. The van der Waals surface area contributed by atoms with Crippen LogP contribution in [0.15, 0.2) is 42.7 Å². The highest BCUT2D eigenvalue weighted by Crippen LogP contribution is 2.28. The Morgan fingerprint density at radius 2 is 1.95 bits per heavy atom. The molecule has 2 aromatic heterocycles. The van der Waals surface area contributed by atoms with Crippen molar-refractivity contribution in [1.82, 2.24) is 9.97 Å². The number of aromatic amines is 1. The van der Waals surface area contributed by atoms with Crippen molar-refractivity contribution in [1.29, 1.82) is 0 Å². The lowest BCUT2D eigenvalue weighted by molar-refractivity contribution is 0.0697. The molecular weight excluding hydrogens is 247 g/mol. The van der Waals surface area contributed by atoms with Crippen molar-refractivity contribution in [3.05, 3.63) is 54.1 Å². The number of H-pyrrole nitrogens is 1. The SMILES string of the molecule is O=C(O)c1ccc(-c2nccc3[nH]cc(F)c23)cc1. The van der Waals surface area contributed by atoms with Gasteiger partial charge in [-0.3, -0.25) is 4.98 Å². The van der Waals surface area contributed by atoms with Crippen molar-refractivity contribution < 1.29 is 14.3 Å². The number of nitrogens with zero attached hydrogens (tertiary/aromatic N) is 1. The fourth-order valence-electron chi connectivity index (χ4n) is 2.03. The van der Waals surface area contributed by atoms with Gasteiger partial charge in [-0.1, -0.05) is 12.1 Å². The minimum atomic E-state index is -0.995. The maximum atomic E-state index is 13.7. The van der Waals surface area contributed by atoms with Crippen LogP contribution in [0.3, 0.4) is 0 Å². The number of hydrogen-bond acceptors (Lipinski definition) is 2. The van der Waals surface area contributed by atoms with E-state index in [2.05, 4.69) is 9.97 Å². The molecule has 0 bridgehead atoms. The molecule has 0 spiro atoms. The summed E-state index contributed by atoms with van der Waals surface area (Å²) in [5.41, 5.74) is 2.01. The number of aromatic carboxylic acids is 1. The van der Waals surface area contributed by atoms with E-state index >= 15 is 0 Å². The number of halogens is 1. The molecule has 3 aromatic rings. The van der Waals surface area contributed by atoms with Gasteiger partial charge < -0.3 is 10.1 Å². The van der Waals surface area contributed by atoms with Gasteiger partial charge in [0, 0.05) is 18.0 Å². The van der Waals surface area contributed by atoms with E-state index in [-0.39, 0.29) is 11.4 Å². The van der Waals surface area contributed by atoms with E-state index < -0.39 is 5.97 Å². The summed E-state index contributed by atoms with van der Waals surface area (Å²) < 4.78 is 13.7. The summed E-state index contributed by atoms with van der Waals surface area (Å²) in [5.74, 6) is -1.37. The summed E-state index contributed by atoms with van der Waals surface area (Å²) in [6.45, 7) is 0. The van der Waals surface area contributed by atoms with Crippen LogP contribution in [-0.2, 0) is 0 Å². The molecule has 2 N–H and O–H groups in total. The van der Waals surface area contributed by atoms with Gasteiger partial charge in [0.05, 0.1) is 22.2 Å². The number of nitrogens with one attached hydrogen (secondary N) is 1. The molecule has 0 saturated carbocycles. The molecule has 19 heavy (non-hydrogen) atoms. The Bertz CT molecular complexity index is 763. The molecule has 0 fully saturated rings. The van der Waals surface area contributed by atoms with E-state index in [0.29, 0.717) is 22.2 Å². The predicted octanol–water partition coefficient (Wildman–Crippen LogP) is 3.07. The minimum Gasteiger partial charge on any atom is -0.478 e. The van der Waals surface area contributed by atoms with Crippen molar-refractivity contribution in [2.75, 3.05) is 0 Å². The van der Waals surface area contributed by atoms with Crippen LogP contribution >= 0.6 is 0 Å². The molecule has 94 valence electrons. The Kier molecular flexibility index (Phi) is 2.52. The molecule has 2 heterocycles. The number of carboxylic acid groups (broad SMARTS) is 1. The molecule has 0 unspecified atom stereocenters. The largest absolute Gasteiger partial charge is 0.478 e. The Balaban J connectivity index is 2.18. The van der Waals surface area contributed by atoms with Gasteiger partial charge in [0.15, 0.2) is 5.82 Å². The van der Waals surface area contributed by atoms with Gasteiger partial charge in [0.25, 0.3) is 0 Å². The van der Waals surface area contributed by atoms with Crippen molar-refractivity contribution in [2.24, 2.45) is 0 Å². The highest BCUT2D eigenvalue weighted by Gasteiger charge is 2.12. The van der Waals surface area contributed by atoms with Crippen molar-refractivity contribution in [2.45, 2.75) is 0 Å². The summed E-state index contributed by atoms with van der Waals surface area (Å²) in [7, 11) is 0. The third kappa shape index (κ3) is 1.85. The molecule has 5 heteroatoms. The Morgan fingerprint density at radius 3 is 2.63 bits per heavy atom. The van der Waals surface area contributed by atoms with Gasteiger partial charge >= 0.3 is 5.97 Å². The molecule has 0 aliphatic rings. The maximum absolute atomic E-state index is 13.7. The average Bonchev–Trinajstić information content (AvgIpc) is 2.81. The average molecular weight is 256 g/mol. The zero-order valence-corrected chi connectivity index (χ0v) is 9.72. The first-order valence-corrected chi connectivity index (χ1v) is 5.62. The molecule has 0 aliphatic carbocycles. The number of aromatic nitrogens is 2. The Labute approximate surface area is 107 Å². The first-order valence-electron chi connectivity index (χ1n) is 5.62. The van der Waals surface area contributed by atoms with Crippen molar-refractivity contribution in [3.8, 4) is 11.3 Å². The van der Waals surface area contributed by atoms with Gasteiger partial charge in [0.2, 0.25) is 0 Å². The molecule has 3 rings (SSSR count). The lowest BCUT2D eigenvalue weighted by atomic mass is 10.1.